The molecule has 5 nitrogen and oxygen atoms in total. The van der Waals surface area contributed by atoms with Crippen molar-refractivity contribution in [3.05, 3.63) is 29.0 Å². The normalized spacial score (nSPS) is 12.6. The van der Waals surface area contributed by atoms with Gasteiger partial charge in [-0.15, -0.1) is 0 Å². The minimum absolute atomic E-state index is 0.205. The second-order valence-electron chi connectivity index (χ2n) is 3.83. The van der Waals surface area contributed by atoms with Gasteiger partial charge in [0.2, 0.25) is 5.82 Å². The molecule has 0 aliphatic carbocycles. The van der Waals surface area contributed by atoms with Crippen LogP contribution in [0.25, 0.3) is 11.5 Å². The summed E-state index contributed by atoms with van der Waals surface area (Å²) in [6.07, 6.45) is -0.205. The van der Waals surface area contributed by atoms with Crippen LogP contribution in [-0.4, -0.2) is 16.7 Å². The minimum atomic E-state index is -0.205. The summed E-state index contributed by atoms with van der Waals surface area (Å²) in [4.78, 5) is 4.26. The van der Waals surface area contributed by atoms with E-state index in [1.807, 2.05) is 13.8 Å². The van der Waals surface area contributed by atoms with Gasteiger partial charge in [0, 0.05) is 22.9 Å². The predicted octanol–water partition coefficient (Wildman–Crippen LogP) is 3.07. The fraction of sp³-hybridized carbons (Fsp3) is 0.333. The van der Waals surface area contributed by atoms with E-state index in [9.17, 15) is 0 Å². The van der Waals surface area contributed by atoms with Gasteiger partial charge in [-0.3, -0.25) is 0 Å². The van der Waals surface area contributed by atoms with Crippen molar-refractivity contribution in [1.29, 1.82) is 0 Å². The van der Waals surface area contributed by atoms with E-state index in [0.29, 0.717) is 34.6 Å². The maximum atomic E-state index is 5.92. The Hall–Kier alpha value is -1.59. The minimum Gasteiger partial charge on any atom is -0.399 e. The van der Waals surface area contributed by atoms with Crippen LogP contribution in [0.4, 0.5) is 5.69 Å². The maximum absolute atomic E-state index is 5.92. The van der Waals surface area contributed by atoms with Crippen molar-refractivity contribution < 1.29 is 9.26 Å². The second-order valence-corrected chi connectivity index (χ2v) is 4.26. The zero-order valence-electron chi connectivity index (χ0n) is 10.2. The van der Waals surface area contributed by atoms with Gasteiger partial charge in [-0.1, -0.05) is 16.8 Å². The van der Waals surface area contributed by atoms with E-state index in [0.717, 1.165) is 0 Å². The number of nitrogens with two attached hydrogens (primary N) is 1. The van der Waals surface area contributed by atoms with E-state index in [1.54, 1.807) is 18.2 Å². The molecule has 0 aliphatic rings. The van der Waals surface area contributed by atoms with Crippen molar-refractivity contribution >= 4 is 17.3 Å². The molecule has 0 saturated carbocycles. The third-order valence-electron chi connectivity index (χ3n) is 2.39. The predicted molar refractivity (Wildman–Crippen MR) is 69.2 cm³/mol. The molecule has 0 fully saturated rings. The van der Waals surface area contributed by atoms with Gasteiger partial charge in [-0.05, 0) is 32.0 Å². The van der Waals surface area contributed by atoms with Crippen LogP contribution < -0.4 is 5.73 Å². The van der Waals surface area contributed by atoms with Crippen LogP contribution >= 0.6 is 11.6 Å². The van der Waals surface area contributed by atoms with E-state index >= 15 is 0 Å². The Labute approximate surface area is 110 Å². The smallest absolute Gasteiger partial charge is 0.258 e. The Morgan fingerprint density at radius 1 is 1.44 bits per heavy atom. The van der Waals surface area contributed by atoms with Gasteiger partial charge in [0.1, 0.15) is 6.10 Å². The Balaban J connectivity index is 2.29. The molecule has 6 heteroatoms. The SMILES string of the molecule is CCOC(C)c1noc(-c2cc(N)cc(Cl)c2)n1. The third-order valence-corrected chi connectivity index (χ3v) is 2.61. The quantitative estimate of drug-likeness (QED) is 0.862. The van der Waals surface area contributed by atoms with Crippen molar-refractivity contribution in [2.75, 3.05) is 12.3 Å². The lowest BCUT2D eigenvalue weighted by molar-refractivity contribution is 0.0683. The van der Waals surface area contributed by atoms with Crippen molar-refractivity contribution in [2.45, 2.75) is 20.0 Å². The van der Waals surface area contributed by atoms with Crippen LogP contribution in [0.2, 0.25) is 5.02 Å². The summed E-state index contributed by atoms with van der Waals surface area (Å²) in [5.41, 5.74) is 6.96. The fourth-order valence-corrected chi connectivity index (χ4v) is 1.82. The van der Waals surface area contributed by atoms with E-state index < -0.39 is 0 Å². The highest BCUT2D eigenvalue weighted by molar-refractivity contribution is 6.31. The van der Waals surface area contributed by atoms with Crippen molar-refractivity contribution in [3.8, 4) is 11.5 Å². The van der Waals surface area contributed by atoms with Crippen molar-refractivity contribution in [1.82, 2.24) is 10.1 Å². The molecule has 2 aromatic rings. The third kappa shape index (κ3) is 2.80. The van der Waals surface area contributed by atoms with E-state index in [4.69, 9.17) is 26.6 Å². The van der Waals surface area contributed by atoms with Gasteiger partial charge in [0.25, 0.3) is 5.89 Å². The Kier molecular flexibility index (Phi) is 3.84. The zero-order chi connectivity index (χ0) is 13.1. The molecule has 2 N–H and O–H groups in total. The highest BCUT2D eigenvalue weighted by Gasteiger charge is 2.15. The molecule has 0 aliphatic heterocycles. The number of aromatic nitrogens is 2. The van der Waals surface area contributed by atoms with Crippen molar-refractivity contribution in [2.24, 2.45) is 0 Å². The Bertz CT molecular complexity index is 522. The van der Waals surface area contributed by atoms with Crippen molar-refractivity contribution in [3.63, 3.8) is 0 Å². The summed E-state index contributed by atoms with van der Waals surface area (Å²) in [7, 11) is 0. The Morgan fingerprint density at radius 2 is 2.22 bits per heavy atom. The van der Waals surface area contributed by atoms with Crippen LogP contribution in [0.1, 0.15) is 25.8 Å². The molecule has 0 radical (unpaired) electrons. The molecule has 0 amide bonds. The summed E-state index contributed by atoms with van der Waals surface area (Å²) in [6, 6.07) is 5.11. The number of ether oxygens (including phenoxy) is 1. The highest BCUT2D eigenvalue weighted by Crippen LogP contribution is 2.26. The molecule has 0 saturated heterocycles. The standard InChI is InChI=1S/C12H14ClN3O2/c1-3-17-7(2)11-15-12(18-16-11)8-4-9(13)6-10(14)5-8/h4-7H,3,14H2,1-2H3. The van der Waals surface area contributed by atoms with Gasteiger partial charge in [0.05, 0.1) is 0 Å². The first-order valence-electron chi connectivity index (χ1n) is 5.61. The summed E-state index contributed by atoms with van der Waals surface area (Å²) in [5, 5.41) is 4.41. The molecular weight excluding hydrogens is 254 g/mol. The first-order chi connectivity index (χ1) is 8.60. The van der Waals surface area contributed by atoms with Gasteiger partial charge < -0.3 is 15.0 Å². The number of anilines is 1. The molecule has 1 aromatic carbocycles. The molecule has 18 heavy (non-hydrogen) atoms. The largest absolute Gasteiger partial charge is 0.399 e. The van der Waals surface area contributed by atoms with Gasteiger partial charge in [0.15, 0.2) is 0 Å². The maximum Gasteiger partial charge on any atom is 0.258 e. The van der Waals surface area contributed by atoms with Crippen LogP contribution in [0.3, 0.4) is 0 Å². The molecule has 1 aromatic heterocycles. The molecule has 1 atom stereocenters. The summed E-state index contributed by atoms with van der Waals surface area (Å²) < 4.78 is 10.6. The molecule has 1 unspecified atom stereocenters. The zero-order valence-corrected chi connectivity index (χ0v) is 10.9. The van der Waals surface area contributed by atoms with Crippen LogP contribution in [0.15, 0.2) is 22.7 Å². The summed E-state index contributed by atoms with van der Waals surface area (Å²) in [5.74, 6) is 0.885. The topological polar surface area (TPSA) is 74.2 Å². The Morgan fingerprint density at radius 3 is 2.89 bits per heavy atom. The lowest BCUT2D eigenvalue weighted by Crippen LogP contribution is -2.01. The average Bonchev–Trinajstić information content (AvgIpc) is 2.77. The number of nitrogens with zero attached hydrogens (tertiary/aromatic N) is 2. The molecule has 0 spiro atoms. The number of hydrogen-bond donors (Lipinski definition) is 1. The van der Waals surface area contributed by atoms with Crippen LogP contribution in [0, 0.1) is 0 Å². The van der Waals surface area contributed by atoms with E-state index in [2.05, 4.69) is 10.1 Å². The molecule has 2 rings (SSSR count). The van der Waals surface area contributed by atoms with Crippen LogP contribution in [0.5, 0.6) is 0 Å². The van der Waals surface area contributed by atoms with E-state index in [1.165, 1.54) is 0 Å². The summed E-state index contributed by atoms with van der Waals surface area (Å²) in [6.45, 7) is 4.37. The first-order valence-corrected chi connectivity index (χ1v) is 5.99. The molecule has 0 bridgehead atoms. The van der Waals surface area contributed by atoms with Gasteiger partial charge in [-0.25, -0.2) is 0 Å². The lowest BCUT2D eigenvalue weighted by Gasteiger charge is -2.04. The summed E-state index contributed by atoms with van der Waals surface area (Å²) >= 11 is 5.92. The average molecular weight is 268 g/mol. The number of nitrogen functional groups attached to an aromatic ring is 1. The fourth-order valence-electron chi connectivity index (χ4n) is 1.58. The van der Waals surface area contributed by atoms with Gasteiger partial charge >= 0.3 is 0 Å². The lowest BCUT2D eigenvalue weighted by atomic mass is 10.2. The monoisotopic (exact) mass is 267 g/mol. The highest BCUT2D eigenvalue weighted by atomic mass is 35.5. The number of benzene rings is 1. The molecule has 1 heterocycles. The van der Waals surface area contributed by atoms with Gasteiger partial charge in [-0.2, -0.15) is 4.98 Å². The number of hydrogen-bond acceptors (Lipinski definition) is 5. The number of halogens is 1. The molecular formula is C12H14ClN3O2. The second kappa shape index (κ2) is 5.37. The first kappa shape index (κ1) is 12.9. The van der Waals surface area contributed by atoms with E-state index in [-0.39, 0.29) is 6.10 Å². The molecule has 96 valence electrons. The van der Waals surface area contributed by atoms with Crippen LogP contribution in [-0.2, 0) is 4.74 Å². The number of rotatable bonds is 4.